The van der Waals surface area contributed by atoms with Gasteiger partial charge in [-0.05, 0) is 80.1 Å². The van der Waals surface area contributed by atoms with Gasteiger partial charge in [0.25, 0.3) is 5.91 Å². The van der Waals surface area contributed by atoms with Gasteiger partial charge in [-0.1, -0.05) is 51.1 Å². The van der Waals surface area contributed by atoms with Crippen LogP contribution in [0.25, 0.3) is 22.5 Å². The molecular formula is C46H57N11O7. The Morgan fingerprint density at radius 1 is 0.984 bits per heavy atom. The summed E-state index contributed by atoms with van der Waals surface area (Å²) in [6.07, 6.45) is -0.103. The third-order valence-electron chi connectivity index (χ3n) is 10.9. The quantitative estimate of drug-likeness (QED) is 0.0749. The summed E-state index contributed by atoms with van der Waals surface area (Å²) >= 11 is 0. The van der Waals surface area contributed by atoms with Crippen molar-refractivity contribution in [1.29, 1.82) is 5.26 Å². The van der Waals surface area contributed by atoms with E-state index in [4.69, 9.17) is 27.2 Å². The molecule has 64 heavy (non-hydrogen) atoms. The Hall–Kier alpha value is -7.10. The Morgan fingerprint density at radius 3 is 2.27 bits per heavy atom. The zero-order valence-corrected chi connectivity index (χ0v) is 37.2. The molecule has 18 nitrogen and oxygen atoms in total. The molecule has 0 spiro atoms. The Bertz CT molecular complexity index is 2440. The number of rotatable bonds is 12. The van der Waals surface area contributed by atoms with Gasteiger partial charge in [-0.3, -0.25) is 24.0 Å². The van der Waals surface area contributed by atoms with Crippen molar-refractivity contribution >= 4 is 35.2 Å². The van der Waals surface area contributed by atoms with Crippen molar-refractivity contribution < 1.29 is 33.8 Å². The van der Waals surface area contributed by atoms with Crippen LogP contribution in [0.15, 0.2) is 54.6 Å². The predicted molar refractivity (Wildman–Crippen MR) is 240 cm³/mol. The molecule has 1 unspecified atom stereocenters. The van der Waals surface area contributed by atoms with Crippen LogP contribution in [0, 0.1) is 25.2 Å². The summed E-state index contributed by atoms with van der Waals surface area (Å²) in [6.45, 7) is 10.9. The van der Waals surface area contributed by atoms with E-state index in [1.165, 1.54) is 32.2 Å². The first-order valence-electron chi connectivity index (χ1n) is 20.9. The second-order valence-electron chi connectivity index (χ2n) is 16.7. The van der Waals surface area contributed by atoms with E-state index in [0.29, 0.717) is 22.8 Å². The third-order valence-corrected chi connectivity index (χ3v) is 10.9. The standard InChI is InChI=1S/C46H57N11O7/c1-24-37(25(2)53-40(52-24)28-9-11-30(12-10-28)46(4,5)6)43(61)55-34(14-15-47)45(63)57(7)38-29-22-32(39(33(50)23-29)64-19-17-49)31-20-27(8-13-36(31)58)21-35(42(60)51-18-16-48)56-41(59)26(3)54-44(38)62/h8-13,20,22-23,26,34-35,38,58H,14-15,17-19,21,47,49-50H2,1-7H3,(H,51,60)(H,54,62)(H,55,61)(H,56,59)/t26-,34?,35-,38-/m0/s1. The minimum atomic E-state index is -1.51. The number of amides is 5. The van der Waals surface area contributed by atoms with Gasteiger partial charge in [0.1, 0.15) is 48.8 Å². The fraction of sp³-hybridized carbons (Fsp3) is 0.391. The first kappa shape index (κ1) is 47.9. The highest BCUT2D eigenvalue weighted by molar-refractivity contribution is 6.01. The molecule has 11 N–H and O–H groups in total. The van der Waals surface area contributed by atoms with Gasteiger partial charge in [0, 0.05) is 36.7 Å². The monoisotopic (exact) mass is 875 g/mol. The molecule has 0 radical (unpaired) electrons. The summed E-state index contributed by atoms with van der Waals surface area (Å²) in [5, 5.41) is 30.9. The average molecular weight is 876 g/mol. The Kier molecular flexibility index (Phi) is 15.3. The summed E-state index contributed by atoms with van der Waals surface area (Å²) in [5.41, 5.74) is 22.3. The summed E-state index contributed by atoms with van der Waals surface area (Å²) < 4.78 is 5.98. The number of anilines is 1. The van der Waals surface area contributed by atoms with Crippen molar-refractivity contribution in [2.24, 2.45) is 11.5 Å². The minimum Gasteiger partial charge on any atom is -0.507 e. The Labute approximate surface area is 372 Å². The maximum atomic E-state index is 14.7. The van der Waals surface area contributed by atoms with Crippen LogP contribution in [0.2, 0.25) is 0 Å². The van der Waals surface area contributed by atoms with E-state index in [1.54, 1.807) is 26.0 Å². The number of carbonyl (C=O) groups excluding carboxylic acids is 5. The number of likely N-dealkylation sites (N-methyl/N-ethyl adjacent to an activating group) is 1. The summed E-state index contributed by atoms with van der Waals surface area (Å²) in [7, 11) is 1.36. The summed E-state index contributed by atoms with van der Waals surface area (Å²) in [5.74, 6) is -3.25. The van der Waals surface area contributed by atoms with E-state index in [2.05, 4.69) is 52.0 Å². The molecule has 5 amide bonds. The number of hydrogen-bond acceptors (Lipinski definition) is 13. The lowest BCUT2D eigenvalue weighted by Crippen LogP contribution is -2.56. The van der Waals surface area contributed by atoms with Gasteiger partial charge in [-0.2, -0.15) is 5.26 Å². The van der Waals surface area contributed by atoms with Gasteiger partial charge in [0.15, 0.2) is 5.82 Å². The number of nitrogen functional groups attached to an aromatic ring is 1. The zero-order chi connectivity index (χ0) is 47.0. The Morgan fingerprint density at radius 2 is 1.66 bits per heavy atom. The van der Waals surface area contributed by atoms with Crippen LogP contribution in [-0.4, -0.2) is 101 Å². The van der Waals surface area contributed by atoms with Crippen molar-refractivity contribution in [2.75, 3.05) is 39.0 Å². The number of nitrogens with zero attached hydrogens (tertiary/aromatic N) is 4. The molecule has 18 heteroatoms. The molecule has 0 saturated heterocycles. The molecule has 3 aromatic carbocycles. The van der Waals surface area contributed by atoms with Crippen molar-refractivity contribution in [3.05, 3.63) is 88.2 Å². The fourth-order valence-electron chi connectivity index (χ4n) is 7.50. The smallest absolute Gasteiger partial charge is 0.255 e. The lowest BCUT2D eigenvalue weighted by Gasteiger charge is -2.33. The lowest BCUT2D eigenvalue weighted by molar-refractivity contribution is -0.141. The topological polar surface area (TPSA) is 294 Å². The molecule has 4 bridgehead atoms. The van der Waals surface area contributed by atoms with Crippen LogP contribution >= 0.6 is 0 Å². The summed E-state index contributed by atoms with van der Waals surface area (Å²) in [4.78, 5) is 80.5. The van der Waals surface area contributed by atoms with Crippen molar-refractivity contribution in [2.45, 2.75) is 84.0 Å². The molecule has 2 heterocycles. The van der Waals surface area contributed by atoms with Gasteiger partial charge in [0.05, 0.1) is 28.7 Å². The Balaban J connectivity index is 1.56. The maximum Gasteiger partial charge on any atom is 0.255 e. The molecule has 4 aromatic rings. The molecular weight excluding hydrogens is 819 g/mol. The minimum absolute atomic E-state index is 0.0282. The van der Waals surface area contributed by atoms with Crippen LogP contribution in [0.5, 0.6) is 11.5 Å². The highest BCUT2D eigenvalue weighted by Gasteiger charge is 2.37. The third kappa shape index (κ3) is 10.9. The number of nitriles is 1. The first-order valence-corrected chi connectivity index (χ1v) is 20.9. The van der Waals surface area contributed by atoms with E-state index in [-0.39, 0.29) is 83.9 Å². The van der Waals surface area contributed by atoms with E-state index >= 15 is 0 Å². The van der Waals surface area contributed by atoms with E-state index in [9.17, 15) is 29.1 Å². The molecule has 338 valence electrons. The van der Waals surface area contributed by atoms with E-state index in [0.717, 1.165) is 16.0 Å². The van der Waals surface area contributed by atoms with Gasteiger partial charge < -0.3 is 53.2 Å². The SMILES string of the molecule is Cc1nc(-c2ccc(C(C)(C)C)cc2)nc(C)c1C(=O)NC(CCN)C(=O)N(C)[C@@H]1C(=O)N[C@@H](C)C(=O)N[C@H](C(=O)NCC#N)Cc2ccc(O)c(c2)-c2cc1cc(N)c2OCCN. The number of fused-ring (bicyclic) bond motifs is 5. The molecule has 1 aliphatic heterocycles. The van der Waals surface area contributed by atoms with Gasteiger partial charge >= 0.3 is 0 Å². The number of aromatic hydroxyl groups is 1. The number of nitrogens with two attached hydrogens (primary N) is 3. The number of ether oxygens (including phenoxy) is 1. The fourth-order valence-corrected chi connectivity index (χ4v) is 7.50. The predicted octanol–water partition coefficient (Wildman–Crippen LogP) is 2.18. The van der Waals surface area contributed by atoms with E-state index < -0.39 is 53.7 Å². The number of aromatic nitrogens is 2. The highest BCUT2D eigenvalue weighted by Crippen LogP contribution is 2.43. The molecule has 5 rings (SSSR count). The molecule has 4 atom stereocenters. The number of nitrogens with one attached hydrogen (secondary N) is 4. The molecule has 1 aromatic heterocycles. The van der Waals surface area contributed by atoms with Gasteiger partial charge in [-0.15, -0.1) is 0 Å². The number of hydrogen-bond donors (Lipinski definition) is 8. The number of phenolic OH excluding ortho intramolecular Hbond substituents is 1. The van der Waals surface area contributed by atoms with Gasteiger partial charge in [0.2, 0.25) is 23.6 Å². The van der Waals surface area contributed by atoms with Crippen LogP contribution < -0.4 is 43.2 Å². The summed E-state index contributed by atoms with van der Waals surface area (Å²) in [6, 6.07) is 12.0. The van der Waals surface area contributed by atoms with Crippen LogP contribution in [0.4, 0.5) is 5.69 Å². The number of phenols is 1. The normalized spacial score (nSPS) is 16.8. The number of benzene rings is 3. The second-order valence-corrected chi connectivity index (χ2v) is 16.7. The van der Waals surface area contributed by atoms with Crippen molar-refractivity contribution in [3.8, 4) is 40.1 Å². The average Bonchev–Trinajstić information content (AvgIpc) is 3.24. The first-order chi connectivity index (χ1) is 30.3. The van der Waals surface area contributed by atoms with Crippen molar-refractivity contribution in [1.82, 2.24) is 36.1 Å². The number of carbonyl (C=O) groups is 5. The van der Waals surface area contributed by atoms with E-state index in [1.807, 2.05) is 30.3 Å². The zero-order valence-electron chi connectivity index (χ0n) is 37.2. The largest absolute Gasteiger partial charge is 0.507 e. The molecule has 0 aliphatic carbocycles. The maximum absolute atomic E-state index is 14.7. The van der Waals surface area contributed by atoms with Gasteiger partial charge in [-0.25, -0.2) is 9.97 Å². The molecule has 0 fully saturated rings. The number of aryl methyl sites for hydroxylation is 2. The van der Waals surface area contributed by atoms with Crippen LogP contribution in [-0.2, 0) is 31.0 Å². The van der Waals surface area contributed by atoms with Crippen LogP contribution in [0.1, 0.15) is 78.6 Å². The second kappa shape index (κ2) is 20.4. The van der Waals surface area contributed by atoms with Crippen molar-refractivity contribution in [3.63, 3.8) is 0 Å². The lowest BCUT2D eigenvalue weighted by atomic mass is 9.86. The molecule has 1 aliphatic rings. The van der Waals surface area contributed by atoms with Crippen LogP contribution in [0.3, 0.4) is 0 Å². The highest BCUT2D eigenvalue weighted by atomic mass is 16.5. The molecule has 0 saturated carbocycles.